The summed E-state index contributed by atoms with van der Waals surface area (Å²) in [5.41, 5.74) is 0.797. The van der Waals surface area contributed by atoms with E-state index in [1.807, 2.05) is 30.3 Å². The van der Waals surface area contributed by atoms with Gasteiger partial charge in [0, 0.05) is 31.0 Å². The lowest BCUT2D eigenvalue weighted by molar-refractivity contribution is -0.125. The number of benzene rings is 2. The molecule has 1 aliphatic heterocycles. The summed E-state index contributed by atoms with van der Waals surface area (Å²) in [6, 6.07) is 17.3. The van der Waals surface area contributed by atoms with Gasteiger partial charge in [0.15, 0.2) is 9.84 Å². The van der Waals surface area contributed by atoms with Gasteiger partial charge in [0.05, 0.1) is 10.6 Å². The first-order valence-electron chi connectivity index (χ1n) is 10.1. The molecule has 9 heteroatoms. The largest absolute Gasteiger partial charge is 0.355 e. The summed E-state index contributed by atoms with van der Waals surface area (Å²) in [6.45, 7) is 0.526. The van der Waals surface area contributed by atoms with Crippen molar-refractivity contribution >= 4 is 31.8 Å². The first-order valence-corrected chi connectivity index (χ1v) is 13.2. The molecule has 1 aliphatic rings. The second-order valence-electron chi connectivity index (χ2n) is 7.35. The number of hydrogen-bond donors (Lipinski definition) is 1. The van der Waals surface area contributed by atoms with Crippen LogP contribution in [0.3, 0.4) is 0 Å². The standard InChI is InChI=1S/C22H26N2O5S2/c25-22(23-14-18-30(26,27)21-9-5-2-6-10-21)20-11-15-24(16-12-20)31(28,29)17-13-19-7-3-1-4-8-19/h1-10,13,17,20H,11-12,14-16,18H2,(H,23,25)/b17-13+. The maximum Gasteiger partial charge on any atom is 0.236 e. The van der Waals surface area contributed by atoms with Gasteiger partial charge >= 0.3 is 0 Å². The Hall–Kier alpha value is -2.49. The van der Waals surface area contributed by atoms with Crippen molar-refractivity contribution in [3.05, 3.63) is 71.6 Å². The Balaban J connectivity index is 1.47. The molecule has 2 aromatic rings. The zero-order valence-electron chi connectivity index (χ0n) is 17.1. The molecule has 0 spiro atoms. The van der Waals surface area contributed by atoms with E-state index in [9.17, 15) is 21.6 Å². The van der Waals surface area contributed by atoms with Crippen LogP contribution in [0.25, 0.3) is 6.08 Å². The predicted octanol–water partition coefficient (Wildman–Crippen LogP) is 2.29. The van der Waals surface area contributed by atoms with Crippen LogP contribution >= 0.6 is 0 Å². The minimum Gasteiger partial charge on any atom is -0.355 e. The lowest BCUT2D eigenvalue weighted by atomic mass is 9.97. The van der Waals surface area contributed by atoms with Gasteiger partial charge in [0.25, 0.3) is 0 Å². The van der Waals surface area contributed by atoms with E-state index in [4.69, 9.17) is 0 Å². The SMILES string of the molecule is O=C(NCCS(=O)(=O)c1ccccc1)C1CCN(S(=O)(=O)/C=C/c2ccccc2)CC1. The molecular formula is C22H26N2O5S2. The first kappa shape index (κ1) is 23.2. The van der Waals surface area contributed by atoms with Gasteiger partial charge in [-0.3, -0.25) is 4.79 Å². The molecule has 1 saturated heterocycles. The minimum atomic E-state index is -3.56. The Labute approximate surface area is 183 Å². The van der Waals surface area contributed by atoms with E-state index >= 15 is 0 Å². The molecular weight excluding hydrogens is 436 g/mol. The van der Waals surface area contributed by atoms with E-state index in [2.05, 4.69) is 5.32 Å². The fraction of sp³-hybridized carbons (Fsp3) is 0.318. The van der Waals surface area contributed by atoms with Crippen LogP contribution in [0.4, 0.5) is 0 Å². The number of sulfonamides is 1. The Morgan fingerprint density at radius 2 is 1.52 bits per heavy atom. The van der Waals surface area contributed by atoms with Crippen molar-refractivity contribution in [2.45, 2.75) is 17.7 Å². The quantitative estimate of drug-likeness (QED) is 0.649. The van der Waals surface area contributed by atoms with Gasteiger partial charge in [-0.05, 0) is 36.6 Å². The lowest BCUT2D eigenvalue weighted by Crippen LogP contribution is -2.43. The van der Waals surface area contributed by atoms with Gasteiger partial charge in [0.2, 0.25) is 15.9 Å². The molecule has 0 unspecified atom stereocenters. The molecule has 0 aromatic heterocycles. The molecule has 3 rings (SSSR count). The molecule has 0 aliphatic carbocycles. The van der Waals surface area contributed by atoms with Crippen LogP contribution in [0.1, 0.15) is 18.4 Å². The average molecular weight is 463 g/mol. The summed E-state index contributed by atoms with van der Waals surface area (Å²) in [4.78, 5) is 12.6. The fourth-order valence-corrected chi connectivity index (χ4v) is 5.79. The number of carbonyl (C=O) groups is 1. The average Bonchev–Trinajstić information content (AvgIpc) is 2.79. The first-order chi connectivity index (χ1) is 14.8. The van der Waals surface area contributed by atoms with Crippen LogP contribution in [-0.4, -0.2) is 52.4 Å². The summed E-state index contributed by atoms with van der Waals surface area (Å²) < 4.78 is 51.0. The van der Waals surface area contributed by atoms with Gasteiger partial charge in [-0.25, -0.2) is 16.8 Å². The maximum atomic E-state index is 12.5. The van der Waals surface area contributed by atoms with Gasteiger partial charge in [-0.15, -0.1) is 0 Å². The van der Waals surface area contributed by atoms with E-state index in [1.54, 1.807) is 24.3 Å². The summed E-state index contributed by atoms with van der Waals surface area (Å²) in [5.74, 6) is -0.746. The topological polar surface area (TPSA) is 101 Å². The second-order valence-corrected chi connectivity index (χ2v) is 11.3. The van der Waals surface area contributed by atoms with Crippen molar-refractivity contribution in [1.29, 1.82) is 0 Å². The lowest BCUT2D eigenvalue weighted by Gasteiger charge is -2.29. The predicted molar refractivity (Wildman–Crippen MR) is 120 cm³/mol. The van der Waals surface area contributed by atoms with Crippen LogP contribution in [0.2, 0.25) is 0 Å². The molecule has 0 radical (unpaired) electrons. The van der Waals surface area contributed by atoms with E-state index in [-0.39, 0.29) is 42.1 Å². The molecule has 31 heavy (non-hydrogen) atoms. The van der Waals surface area contributed by atoms with Crippen molar-refractivity contribution in [3.63, 3.8) is 0 Å². The zero-order valence-corrected chi connectivity index (χ0v) is 18.7. The van der Waals surface area contributed by atoms with Gasteiger partial charge in [0.1, 0.15) is 0 Å². The third-order valence-corrected chi connectivity index (χ3v) is 8.49. The third-order valence-electron chi connectivity index (χ3n) is 5.19. The summed E-state index contributed by atoms with van der Waals surface area (Å²) in [5, 5.41) is 3.87. The number of piperidine rings is 1. The molecule has 166 valence electrons. The molecule has 0 atom stereocenters. The number of hydrogen-bond acceptors (Lipinski definition) is 5. The van der Waals surface area contributed by atoms with E-state index < -0.39 is 19.9 Å². The third kappa shape index (κ3) is 6.49. The Kier molecular flexibility index (Phi) is 7.64. The molecule has 0 bridgehead atoms. The van der Waals surface area contributed by atoms with Crippen molar-refractivity contribution in [2.75, 3.05) is 25.4 Å². The van der Waals surface area contributed by atoms with E-state index in [0.717, 1.165) is 5.56 Å². The highest BCUT2D eigenvalue weighted by atomic mass is 32.2. The number of nitrogens with zero attached hydrogens (tertiary/aromatic N) is 1. The highest BCUT2D eigenvalue weighted by Gasteiger charge is 2.30. The Morgan fingerprint density at radius 1 is 0.935 bits per heavy atom. The zero-order chi connectivity index (χ0) is 22.3. The molecule has 1 amide bonds. The van der Waals surface area contributed by atoms with Crippen LogP contribution in [0.15, 0.2) is 71.0 Å². The normalized spacial score (nSPS) is 16.4. The number of sulfone groups is 1. The van der Waals surface area contributed by atoms with Crippen LogP contribution < -0.4 is 5.32 Å². The fourth-order valence-electron chi connectivity index (χ4n) is 3.39. The van der Waals surface area contributed by atoms with Crippen LogP contribution in [0, 0.1) is 5.92 Å². The molecule has 7 nitrogen and oxygen atoms in total. The van der Waals surface area contributed by atoms with E-state index in [1.165, 1.54) is 21.8 Å². The summed E-state index contributed by atoms with van der Waals surface area (Å²) in [7, 11) is -7.01. The van der Waals surface area contributed by atoms with Gasteiger partial charge in [-0.1, -0.05) is 48.5 Å². The molecule has 1 N–H and O–H groups in total. The number of carbonyl (C=O) groups excluding carboxylic acids is 1. The number of nitrogens with one attached hydrogen (secondary N) is 1. The van der Waals surface area contributed by atoms with Gasteiger partial charge in [-0.2, -0.15) is 4.31 Å². The highest BCUT2D eigenvalue weighted by molar-refractivity contribution is 7.92. The molecule has 0 saturated carbocycles. The second kappa shape index (κ2) is 10.2. The molecule has 1 heterocycles. The monoisotopic (exact) mass is 462 g/mol. The number of amides is 1. The minimum absolute atomic E-state index is 0.0222. The smallest absolute Gasteiger partial charge is 0.236 e. The van der Waals surface area contributed by atoms with Crippen molar-refractivity contribution < 1.29 is 21.6 Å². The van der Waals surface area contributed by atoms with Crippen molar-refractivity contribution in [2.24, 2.45) is 5.92 Å². The molecule has 2 aromatic carbocycles. The maximum absolute atomic E-state index is 12.5. The Morgan fingerprint density at radius 3 is 2.13 bits per heavy atom. The summed E-state index contributed by atoms with van der Waals surface area (Å²) >= 11 is 0. The van der Waals surface area contributed by atoms with Crippen LogP contribution in [-0.2, 0) is 24.7 Å². The van der Waals surface area contributed by atoms with Gasteiger partial charge < -0.3 is 5.32 Å². The molecule has 1 fully saturated rings. The number of rotatable bonds is 8. The van der Waals surface area contributed by atoms with E-state index in [0.29, 0.717) is 12.8 Å². The summed E-state index contributed by atoms with van der Waals surface area (Å²) in [6.07, 6.45) is 2.35. The Bertz CT molecular complexity index is 1110. The van der Waals surface area contributed by atoms with Crippen molar-refractivity contribution in [3.8, 4) is 0 Å². The van der Waals surface area contributed by atoms with Crippen LogP contribution in [0.5, 0.6) is 0 Å². The van der Waals surface area contributed by atoms with Crippen molar-refractivity contribution in [1.82, 2.24) is 9.62 Å². The highest BCUT2D eigenvalue weighted by Crippen LogP contribution is 2.21.